The van der Waals surface area contributed by atoms with E-state index in [0.717, 1.165) is 42.1 Å². The molecule has 0 saturated carbocycles. The van der Waals surface area contributed by atoms with E-state index in [1.807, 2.05) is 19.9 Å². The number of nitrogens with zero attached hydrogens (tertiary/aromatic N) is 3. The molecule has 2 rings (SSSR count). The molecule has 0 bridgehead atoms. The third-order valence-electron chi connectivity index (χ3n) is 4.93. The summed E-state index contributed by atoms with van der Waals surface area (Å²) < 4.78 is 0. The first-order chi connectivity index (χ1) is 12.9. The van der Waals surface area contributed by atoms with E-state index in [9.17, 15) is 14.4 Å². The summed E-state index contributed by atoms with van der Waals surface area (Å²) in [5, 5.41) is 2.26. The summed E-state index contributed by atoms with van der Waals surface area (Å²) in [6, 6.07) is 4.68. The zero-order chi connectivity index (χ0) is 20.0. The fraction of sp³-hybridized carbons (Fsp3) is 0.500. The highest BCUT2D eigenvalue weighted by Crippen LogP contribution is 2.26. The van der Waals surface area contributed by atoms with Gasteiger partial charge in [-0.3, -0.25) is 19.9 Å². The van der Waals surface area contributed by atoms with Crippen LogP contribution in [0.5, 0.6) is 0 Å². The smallest absolute Gasteiger partial charge is 0.304 e. The van der Waals surface area contributed by atoms with E-state index in [1.54, 1.807) is 12.1 Å². The van der Waals surface area contributed by atoms with Gasteiger partial charge in [0.15, 0.2) is 5.92 Å². The Kier molecular flexibility index (Phi) is 7.24. The number of rotatable bonds is 8. The van der Waals surface area contributed by atoms with Crippen molar-refractivity contribution in [2.45, 2.75) is 34.1 Å². The second-order valence-corrected chi connectivity index (χ2v) is 6.60. The normalized spacial score (nSPS) is 17.9. The van der Waals surface area contributed by atoms with E-state index < -0.39 is 23.8 Å². The Bertz CT molecular complexity index is 741. The minimum Gasteiger partial charge on any atom is -0.304 e. The number of hydrogen-bond acceptors (Lipinski definition) is 5. The number of aliphatic imine (C=N–C) groups is 1. The van der Waals surface area contributed by atoms with Gasteiger partial charge in [0.25, 0.3) is 5.91 Å². The van der Waals surface area contributed by atoms with Crippen LogP contribution in [0.2, 0.25) is 0 Å². The van der Waals surface area contributed by atoms with Crippen LogP contribution in [0.3, 0.4) is 0 Å². The van der Waals surface area contributed by atoms with Crippen molar-refractivity contribution >= 4 is 29.7 Å². The quantitative estimate of drug-likeness (QED) is 0.431. The monoisotopic (exact) mass is 372 g/mol. The van der Waals surface area contributed by atoms with Crippen LogP contribution in [0.4, 0.5) is 10.5 Å². The molecule has 146 valence electrons. The maximum Gasteiger partial charge on any atom is 0.335 e. The van der Waals surface area contributed by atoms with Crippen molar-refractivity contribution in [1.82, 2.24) is 10.2 Å². The molecule has 1 aliphatic heterocycles. The number of benzene rings is 1. The fourth-order valence-corrected chi connectivity index (χ4v) is 3.03. The van der Waals surface area contributed by atoms with Gasteiger partial charge in [0.05, 0.1) is 5.69 Å². The molecule has 0 spiro atoms. The first-order valence-corrected chi connectivity index (χ1v) is 9.38. The van der Waals surface area contributed by atoms with E-state index >= 15 is 0 Å². The number of imide groups is 2. The van der Waals surface area contributed by atoms with E-state index in [0.29, 0.717) is 12.2 Å². The van der Waals surface area contributed by atoms with Crippen LogP contribution in [0.1, 0.15) is 31.4 Å². The summed E-state index contributed by atoms with van der Waals surface area (Å²) in [4.78, 5) is 44.8. The molecule has 0 aromatic heterocycles. The highest BCUT2D eigenvalue weighted by Gasteiger charge is 2.40. The minimum atomic E-state index is -1.09. The highest BCUT2D eigenvalue weighted by atomic mass is 16.2. The topological polar surface area (TPSA) is 82.1 Å². The summed E-state index contributed by atoms with van der Waals surface area (Å²) in [6.07, 6.45) is 2.21. The molecular formula is C20H28N4O3. The number of hydrogen-bond donors (Lipinski definition) is 1. The number of carbonyl (C=O) groups is 3. The summed E-state index contributed by atoms with van der Waals surface area (Å²) in [5.41, 5.74) is 2.28. The van der Waals surface area contributed by atoms with Crippen molar-refractivity contribution in [3.8, 4) is 0 Å². The van der Waals surface area contributed by atoms with Gasteiger partial charge in [-0.15, -0.1) is 0 Å². The molecule has 1 atom stereocenters. The van der Waals surface area contributed by atoms with Crippen molar-refractivity contribution in [2.75, 3.05) is 31.1 Å². The van der Waals surface area contributed by atoms with Crippen LogP contribution in [-0.2, 0) is 9.59 Å². The number of aryl methyl sites for hydroxylation is 1. The van der Waals surface area contributed by atoms with E-state index in [1.165, 1.54) is 6.21 Å². The molecule has 7 nitrogen and oxygen atoms in total. The molecule has 27 heavy (non-hydrogen) atoms. The van der Waals surface area contributed by atoms with E-state index in [2.05, 4.69) is 29.1 Å². The van der Waals surface area contributed by atoms with Gasteiger partial charge in [0.2, 0.25) is 5.91 Å². The van der Waals surface area contributed by atoms with Crippen molar-refractivity contribution in [2.24, 2.45) is 10.9 Å². The number of carbonyl (C=O) groups excluding carboxylic acids is 3. The molecule has 0 radical (unpaired) electrons. The van der Waals surface area contributed by atoms with Crippen LogP contribution in [0, 0.1) is 19.8 Å². The van der Waals surface area contributed by atoms with Gasteiger partial charge in [-0.1, -0.05) is 26.0 Å². The second-order valence-electron chi connectivity index (χ2n) is 6.60. The number of amides is 4. The third kappa shape index (κ3) is 4.80. The molecule has 1 heterocycles. The first kappa shape index (κ1) is 20.8. The number of nitrogens with one attached hydrogen (secondary N) is 1. The van der Waals surface area contributed by atoms with Crippen LogP contribution < -0.4 is 10.2 Å². The summed E-state index contributed by atoms with van der Waals surface area (Å²) in [5.74, 6) is -2.28. The Labute approximate surface area is 160 Å². The molecular weight excluding hydrogens is 344 g/mol. The van der Waals surface area contributed by atoms with Crippen molar-refractivity contribution in [3.05, 3.63) is 29.3 Å². The summed E-state index contributed by atoms with van der Waals surface area (Å²) >= 11 is 0. The van der Waals surface area contributed by atoms with E-state index in [4.69, 9.17) is 0 Å². The van der Waals surface area contributed by atoms with Gasteiger partial charge < -0.3 is 4.90 Å². The predicted octanol–water partition coefficient (Wildman–Crippen LogP) is 2.31. The number of urea groups is 1. The number of barbiturate groups is 1. The average Bonchev–Trinajstić information content (AvgIpc) is 2.63. The first-order valence-electron chi connectivity index (χ1n) is 9.38. The summed E-state index contributed by atoms with van der Waals surface area (Å²) in [6.45, 7) is 11.4. The molecule has 1 unspecified atom stereocenters. The Balaban J connectivity index is 2.10. The maximum atomic E-state index is 12.8. The van der Waals surface area contributed by atoms with E-state index in [-0.39, 0.29) is 0 Å². The number of anilines is 1. The molecule has 1 aromatic carbocycles. The average molecular weight is 372 g/mol. The van der Waals surface area contributed by atoms with Gasteiger partial charge in [0.1, 0.15) is 0 Å². The van der Waals surface area contributed by atoms with Crippen molar-refractivity contribution in [1.29, 1.82) is 0 Å². The van der Waals surface area contributed by atoms with Crippen LogP contribution in [-0.4, -0.2) is 55.1 Å². The standard InChI is InChI=1S/C20H28N4O3/c1-5-23(6-2)12-8-11-21-13-16-18(25)22-20(27)24(19(16)26)17-10-7-9-14(3)15(17)4/h7,9-10,13,16H,5-6,8,11-12H2,1-4H3,(H,22,25,27). The Morgan fingerprint density at radius 3 is 2.56 bits per heavy atom. The zero-order valence-corrected chi connectivity index (χ0v) is 16.5. The third-order valence-corrected chi connectivity index (χ3v) is 4.93. The molecule has 1 N–H and O–H groups in total. The molecule has 1 saturated heterocycles. The molecule has 1 aliphatic rings. The van der Waals surface area contributed by atoms with Crippen LogP contribution in [0.25, 0.3) is 0 Å². The van der Waals surface area contributed by atoms with Gasteiger partial charge in [-0.2, -0.15) is 0 Å². The second kappa shape index (κ2) is 9.41. The van der Waals surface area contributed by atoms with Gasteiger partial charge >= 0.3 is 6.03 Å². The van der Waals surface area contributed by atoms with Crippen molar-refractivity contribution in [3.63, 3.8) is 0 Å². The maximum absolute atomic E-state index is 12.8. The van der Waals surface area contributed by atoms with Crippen molar-refractivity contribution < 1.29 is 14.4 Å². The molecule has 1 fully saturated rings. The lowest BCUT2D eigenvalue weighted by Crippen LogP contribution is -2.58. The molecule has 0 aliphatic carbocycles. The Morgan fingerprint density at radius 1 is 1.19 bits per heavy atom. The lowest BCUT2D eigenvalue weighted by molar-refractivity contribution is -0.131. The largest absolute Gasteiger partial charge is 0.335 e. The lowest BCUT2D eigenvalue weighted by atomic mass is 10.0. The molecule has 4 amide bonds. The van der Waals surface area contributed by atoms with Gasteiger partial charge in [-0.05, 0) is 57.1 Å². The van der Waals surface area contributed by atoms with Gasteiger partial charge in [0, 0.05) is 12.8 Å². The van der Waals surface area contributed by atoms with Crippen LogP contribution in [0.15, 0.2) is 23.2 Å². The Hall–Kier alpha value is -2.54. The summed E-state index contributed by atoms with van der Waals surface area (Å²) in [7, 11) is 0. The Morgan fingerprint density at radius 2 is 1.89 bits per heavy atom. The lowest BCUT2D eigenvalue weighted by Gasteiger charge is -2.29. The SMILES string of the molecule is CCN(CC)CCCN=CC1C(=O)NC(=O)N(c2cccc(C)c2C)C1=O. The molecule has 1 aromatic rings. The molecule has 7 heteroatoms. The highest BCUT2D eigenvalue weighted by molar-refractivity contribution is 6.32. The predicted molar refractivity (Wildman–Crippen MR) is 106 cm³/mol. The van der Waals surface area contributed by atoms with Gasteiger partial charge in [-0.25, -0.2) is 9.69 Å². The fourth-order valence-electron chi connectivity index (χ4n) is 3.03. The van der Waals surface area contributed by atoms with Crippen LogP contribution >= 0.6 is 0 Å². The minimum absolute atomic E-state index is 0.491. The zero-order valence-electron chi connectivity index (χ0n) is 16.5.